The summed E-state index contributed by atoms with van der Waals surface area (Å²) in [5.41, 5.74) is 7.49. The molecule has 1 spiro atoms. The Morgan fingerprint density at radius 2 is 2.00 bits per heavy atom. The normalized spacial score (nSPS) is 22.1. The summed E-state index contributed by atoms with van der Waals surface area (Å²) in [6, 6.07) is 10.7. The highest BCUT2D eigenvalue weighted by atomic mass is 32.1. The zero-order chi connectivity index (χ0) is 18.4. The van der Waals surface area contributed by atoms with E-state index < -0.39 is 5.79 Å². The molecular formula is C21H24N2O3S. The first kappa shape index (κ1) is 17.2. The third kappa shape index (κ3) is 3.16. The Morgan fingerprint density at radius 3 is 2.67 bits per heavy atom. The smallest absolute Gasteiger partial charge is 0.258 e. The van der Waals surface area contributed by atoms with Gasteiger partial charge in [0.2, 0.25) is 5.79 Å². The molecule has 5 nitrogen and oxygen atoms in total. The number of carbonyl (C=O) groups excluding carboxylic acids is 1. The van der Waals surface area contributed by atoms with Crippen LogP contribution in [0.4, 0.5) is 0 Å². The summed E-state index contributed by atoms with van der Waals surface area (Å²) in [5.74, 6) is 0.0800. The molecule has 2 N–H and O–H groups in total. The first-order chi connectivity index (χ1) is 13.1. The fourth-order valence-electron chi connectivity index (χ4n) is 4.24. The van der Waals surface area contributed by atoms with E-state index in [9.17, 15) is 4.79 Å². The lowest BCUT2D eigenvalue weighted by Gasteiger charge is -2.47. The quantitative estimate of drug-likeness (QED) is 0.875. The van der Waals surface area contributed by atoms with Crippen molar-refractivity contribution >= 4 is 17.2 Å². The lowest BCUT2D eigenvalue weighted by molar-refractivity contribution is -0.231. The molecule has 0 unspecified atom stereocenters. The Hall–Kier alpha value is -1.89. The van der Waals surface area contributed by atoms with Gasteiger partial charge in [-0.15, -0.1) is 11.3 Å². The lowest BCUT2D eigenvalue weighted by Crippen LogP contribution is -2.54. The Labute approximate surface area is 163 Å². The molecule has 1 aliphatic carbocycles. The van der Waals surface area contributed by atoms with Gasteiger partial charge in [0.05, 0.1) is 11.5 Å². The van der Waals surface area contributed by atoms with Crippen LogP contribution in [0, 0.1) is 0 Å². The fraction of sp³-hybridized carbons (Fsp3) is 0.476. The van der Waals surface area contributed by atoms with Gasteiger partial charge in [0.15, 0.2) is 0 Å². The number of benzene rings is 1. The second-order valence-corrected chi connectivity index (χ2v) is 8.86. The molecule has 0 bridgehead atoms. The van der Waals surface area contributed by atoms with Crippen molar-refractivity contribution in [1.82, 2.24) is 4.90 Å². The largest absolute Gasteiger partial charge is 0.462 e. The number of thiophene rings is 1. The number of carbonyl (C=O) groups is 1. The van der Waals surface area contributed by atoms with E-state index in [-0.39, 0.29) is 5.91 Å². The molecule has 1 aromatic heterocycles. The molecule has 1 aromatic carbocycles. The van der Waals surface area contributed by atoms with Crippen molar-refractivity contribution in [2.45, 2.75) is 50.5 Å². The summed E-state index contributed by atoms with van der Waals surface area (Å²) < 4.78 is 12.6. The molecule has 5 rings (SSSR count). The van der Waals surface area contributed by atoms with E-state index in [1.165, 1.54) is 30.6 Å². The van der Waals surface area contributed by atoms with E-state index in [0.29, 0.717) is 11.5 Å². The average Bonchev–Trinajstić information content (AvgIpc) is 3.12. The van der Waals surface area contributed by atoms with Crippen molar-refractivity contribution in [3.05, 3.63) is 40.8 Å². The lowest BCUT2D eigenvalue weighted by atomic mass is 9.89. The van der Waals surface area contributed by atoms with Crippen molar-refractivity contribution in [2.75, 3.05) is 13.1 Å². The van der Waals surface area contributed by atoms with Gasteiger partial charge < -0.3 is 15.2 Å². The molecule has 0 radical (unpaired) electrons. The maximum absolute atomic E-state index is 11.3. The van der Waals surface area contributed by atoms with Gasteiger partial charge >= 0.3 is 0 Å². The number of nitrogens with zero attached hydrogens (tertiary/aromatic N) is 1. The SMILES string of the molecule is NC(=O)c1ccc(-c2ccc3c(c2)COC2(CCN(C4CCC4)CC2)O3)s1. The molecule has 1 saturated heterocycles. The Kier molecular flexibility index (Phi) is 4.22. The number of likely N-dealkylation sites (tertiary alicyclic amines) is 1. The van der Waals surface area contributed by atoms with Crippen molar-refractivity contribution in [2.24, 2.45) is 5.73 Å². The molecule has 1 saturated carbocycles. The number of nitrogens with two attached hydrogens (primary N) is 1. The molecule has 2 aromatic rings. The van der Waals surface area contributed by atoms with Crippen molar-refractivity contribution < 1.29 is 14.3 Å². The first-order valence-corrected chi connectivity index (χ1v) is 10.5. The number of ether oxygens (including phenoxy) is 2. The summed E-state index contributed by atoms with van der Waals surface area (Å²) in [6.07, 6.45) is 5.93. The summed E-state index contributed by atoms with van der Waals surface area (Å²) in [6.45, 7) is 2.69. The molecule has 6 heteroatoms. The van der Waals surface area contributed by atoms with E-state index in [2.05, 4.69) is 17.0 Å². The minimum Gasteiger partial charge on any atom is -0.462 e. The van der Waals surface area contributed by atoms with E-state index in [1.807, 2.05) is 12.1 Å². The topological polar surface area (TPSA) is 64.8 Å². The van der Waals surface area contributed by atoms with Gasteiger partial charge in [0, 0.05) is 42.4 Å². The standard InChI is InChI=1S/C21H24N2O3S/c22-20(24)19-7-6-18(27-19)14-4-5-17-15(12-14)13-25-21(26-17)8-10-23(11-9-21)16-2-1-3-16/h4-7,12,16H,1-3,8-11,13H2,(H2,22,24). The molecule has 142 valence electrons. The van der Waals surface area contributed by atoms with Crippen LogP contribution in [0.15, 0.2) is 30.3 Å². The summed E-state index contributed by atoms with van der Waals surface area (Å²) >= 11 is 1.42. The first-order valence-electron chi connectivity index (χ1n) is 9.72. The molecule has 2 fully saturated rings. The van der Waals surface area contributed by atoms with Gasteiger partial charge in [0.25, 0.3) is 5.91 Å². The van der Waals surface area contributed by atoms with Gasteiger partial charge in [-0.1, -0.05) is 6.42 Å². The zero-order valence-corrected chi connectivity index (χ0v) is 16.1. The van der Waals surface area contributed by atoms with Crippen LogP contribution in [0.1, 0.15) is 47.3 Å². The van der Waals surface area contributed by atoms with Crippen LogP contribution >= 0.6 is 11.3 Å². The molecule has 27 heavy (non-hydrogen) atoms. The number of piperidine rings is 1. The summed E-state index contributed by atoms with van der Waals surface area (Å²) in [5, 5.41) is 0. The number of hydrogen-bond donors (Lipinski definition) is 1. The molecule has 3 aliphatic rings. The van der Waals surface area contributed by atoms with E-state index >= 15 is 0 Å². The van der Waals surface area contributed by atoms with Crippen LogP contribution in [0.3, 0.4) is 0 Å². The average molecular weight is 385 g/mol. The summed E-state index contributed by atoms with van der Waals surface area (Å²) in [7, 11) is 0. The zero-order valence-electron chi connectivity index (χ0n) is 15.3. The van der Waals surface area contributed by atoms with Crippen molar-refractivity contribution in [3.8, 4) is 16.2 Å². The third-order valence-electron chi connectivity index (χ3n) is 6.13. The minimum absolute atomic E-state index is 0.383. The van der Waals surface area contributed by atoms with Gasteiger partial charge in [-0.05, 0) is 48.7 Å². The highest BCUT2D eigenvalue weighted by molar-refractivity contribution is 7.17. The minimum atomic E-state index is -0.461. The molecule has 0 atom stereocenters. The second-order valence-electron chi connectivity index (χ2n) is 7.77. The van der Waals surface area contributed by atoms with Crippen LogP contribution < -0.4 is 10.5 Å². The number of hydrogen-bond acceptors (Lipinski definition) is 5. The van der Waals surface area contributed by atoms with Crippen LogP contribution in [-0.4, -0.2) is 35.7 Å². The molecule has 1 amide bonds. The molecule has 3 heterocycles. The summed E-state index contributed by atoms with van der Waals surface area (Å²) in [4.78, 5) is 15.5. The van der Waals surface area contributed by atoms with Gasteiger partial charge in [-0.25, -0.2) is 0 Å². The Bertz CT molecular complexity index is 866. The number of rotatable bonds is 3. The molecular weight excluding hydrogens is 360 g/mol. The number of amides is 1. The van der Waals surface area contributed by atoms with Gasteiger partial charge in [0.1, 0.15) is 5.75 Å². The monoisotopic (exact) mass is 384 g/mol. The van der Waals surface area contributed by atoms with Crippen LogP contribution in [0.25, 0.3) is 10.4 Å². The van der Waals surface area contributed by atoms with E-state index in [1.54, 1.807) is 6.07 Å². The Balaban J connectivity index is 1.31. The predicted molar refractivity (Wildman–Crippen MR) is 105 cm³/mol. The highest BCUT2D eigenvalue weighted by Crippen LogP contribution is 2.41. The number of primary amides is 1. The van der Waals surface area contributed by atoms with Gasteiger partial charge in [-0.3, -0.25) is 9.69 Å². The van der Waals surface area contributed by atoms with Crippen molar-refractivity contribution in [3.63, 3.8) is 0 Å². The van der Waals surface area contributed by atoms with Gasteiger partial charge in [-0.2, -0.15) is 0 Å². The third-order valence-corrected chi connectivity index (χ3v) is 7.28. The molecule has 2 aliphatic heterocycles. The second kappa shape index (κ2) is 6.62. The van der Waals surface area contributed by atoms with E-state index in [4.69, 9.17) is 15.2 Å². The van der Waals surface area contributed by atoms with Crippen molar-refractivity contribution in [1.29, 1.82) is 0 Å². The predicted octanol–water partition coefficient (Wildman–Crippen LogP) is 3.77. The van der Waals surface area contributed by atoms with Crippen LogP contribution in [0.5, 0.6) is 5.75 Å². The van der Waals surface area contributed by atoms with Crippen LogP contribution in [-0.2, 0) is 11.3 Å². The fourth-order valence-corrected chi connectivity index (χ4v) is 5.09. The maximum Gasteiger partial charge on any atom is 0.258 e. The maximum atomic E-state index is 11.3. The van der Waals surface area contributed by atoms with Crippen LogP contribution in [0.2, 0.25) is 0 Å². The Morgan fingerprint density at radius 1 is 1.19 bits per heavy atom. The number of fused-ring (bicyclic) bond motifs is 1. The van der Waals surface area contributed by atoms with E-state index in [0.717, 1.165) is 53.7 Å². The highest BCUT2D eigenvalue weighted by Gasteiger charge is 2.42.